The normalized spacial score (nSPS) is 15.4. The van der Waals surface area contributed by atoms with Crippen LogP contribution in [0.2, 0.25) is 0 Å². The molecule has 0 radical (unpaired) electrons. The van der Waals surface area contributed by atoms with Crippen LogP contribution in [0, 0.1) is 27.7 Å². The van der Waals surface area contributed by atoms with E-state index >= 15 is 0 Å². The number of esters is 1. The maximum absolute atomic E-state index is 12.9. The second-order valence-electron chi connectivity index (χ2n) is 8.95. The first-order valence-electron chi connectivity index (χ1n) is 11.8. The van der Waals surface area contributed by atoms with Gasteiger partial charge in [-0.3, -0.25) is 4.79 Å². The van der Waals surface area contributed by atoms with Crippen molar-refractivity contribution in [2.24, 2.45) is 0 Å². The lowest BCUT2D eigenvalue weighted by Gasteiger charge is -2.15. The Bertz CT molecular complexity index is 1210. The van der Waals surface area contributed by atoms with Crippen LogP contribution in [-0.4, -0.2) is 35.6 Å². The van der Waals surface area contributed by atoms with Gasteiger partial charge in [-0.25, -0.2) is 4.79 Å². The van der Waals surface area contributed by atoms with Crippen LogP contribution in [0.5, 0.6) is 0 Å². The average Bonchev–Trinajstić information content (AvgIpc) is 3.44. The lowest BCUT2D eigenvalue weighted by Crippen LogP contribution is -2.18. The molecule has 0 saturated carbocycles. The summed E-state index contributed by atoms with van der Waals surface area (Å²) in [5, 5.41) is 3.34. The highest BCUT2D eigenvalue weighted by Crippen LogP contribution is 2.26. The summed E-state index contributed by atoms with van der Waals surface area (Å²) >= 11 is 0. The lowest BCUT2D eigenvalue weighted by molar-refractivity contribution is 0.0475. The van der Waals surface area contributed by atoms with E-state index in [0.29, 0.717) is 16.8 Å². The molecule has 1 atom stereocenters. The van der Waals surface area contributed by atoms with Gasteiger partial charge in [-0.1, -0.05) is 24.3 Å². The zero-order valence-electron chi connectivity index (χ0n) is 20.3. The van der Waals surface area contributed by atoms with Crippen molar-refractivity contribution >= 4 is 23.1 Å². The minimum atomic E-state index is -0.532. The fourth-order valence-corrected chi connectivity index (χ4v) is 4.44. The van der Waals surface area contributed by atoms with Gasteiger partial charge in [0.2, 0.25) is 5.78 Å². The van der Waals surface area contributed by atoms with Crippen molar-refractivity contribution in [3.8, 4) is 0 Å². The first-order chi connectivity index (χ1) is 16.3. The first kappa shape index (κ1) is 23.8. The van der Waals surface area contributed by atoms with Crippen LogP contribution in [0.4, 0.5) is 11.4 Å². The molecule has 2 aromatic carbocycles. The molecule has 0 aliphatic carbocycles. The van der Waals surface area contributed by atoms with Gasteiger partial charge in [0.15, 0.2) is 6.61 Å². The van der Waals surface area contributed by atoms with E-state index in [-0.39, 0.29) is 18.5 Å². The van der Waals surface area contributed by atoms with E-state index in [2.05, 4.69) is 9.88 Å². The number of hydrogen-bond donors (Lipinski definition) is 1. The number of Topliss-reactive ketones (excluding diaryl/α,β-unsaturated/α-hetero) is 1. The molecule has 0 bridgehead atoms. The molecular formula is C28H32N2O4. The van der Waals surface area contributed by atoms with Crippen molar-refractivity contribution in [2.75, 3.05) is 18.5 Å². The molecular weight excluding hydrogens is 428 g/mol. The molecule has 1 N–H and O–H groups in total. The maximum atomic E-state index is 12.9. The van der Waals surface area contributed by atoms with Gasteiger partial charge in [-0.15, -0.1) is 0 Å². The van der Waals surface area contributed by atoms with E-state index in [1.54, 1.807) is 12.1 Å². The Hall–Kier alpha value is -3.38. The Balaban J connectivity index is 1.44. The largest absolute Gasteiger partial charge is 0.454 e. The standard InChI is InChI=1S/C28H32N2O4/c1-18-9-7-13-25(20(18)3)29-26-12-6-5-11-23(26)28(32)34-17-27(31)24-15-19(2)30(21(24)4)16-22-10-8-14-33-22/h5-7,9,11-13,15,22,29H,8,10,14,16-17H2,1-4H3/t22-/m1/s1. The lowest BCUT2D eigenvalue weighted by atomic mass is 10.1. The molecule has 1 saturated heterocycles. The molecule has 1 fully saturated rings. The van der Waals surface area contributed by atoms with E-state index in [1.165, 1.54) is 0 Å². The molecule has 0 amide bonds. The summed E-state index contributed by atoms with van der Waals surface area (Å²) in [7, 11) is 0. The summed E-state index contributed by atoms with van der Waals surface area (Å²) in [5.41, 5.74) is 6.70. The number of aryl methyl sites for hydroxylation is 2. The summed E-state index contributed by atoms with van der Waals surface area (Å²) in [6, 6.07) is 15.0. The Labute approximate surface area is 200 Å². The van der Waals surface area contributed by atoms with Gasteiger partial charge in [0.05, 0.1) is 17.4 Å². The number of carbonyl (C=O) groups excluding carboxylic acids is 2. The topological polar surface area (TPSA) is 69.6 Å². The second-order valence-corrected chi connectivity index (χ2v) is 8.95. The fourth-order valence-electron chi connectivity index (χ4n) is 4.44. The number of nitrogens with zero attached hydrogens (tertiary/aromatic N) is 1. The number of ketones is 1. The molecule has 1 aliphatic rings. The zero-order chi connectivity index (χ0) is 24.2. The summed E-state index contributed by atoms with van der Waals surface area (Å²) in [5.74, 6) is -0.741. The third-order valence-corrected chi connectivity index (χ3v) is 6.64. The van der Waals surface area contributed by atoms with Crippen molar-refractivity contribution in [3.63, 3.8) is 0 Å². The highest BCUT2D eigenvalue weighted by Gasteiger charge is 2.22. The molecule has 6 nitrogen and oxygen atoms in total. The van der Waals surface area contributed by atoms with Gasteiger partial charge < -0.3 is 19.4 Å². The molecule has 2 heterocycles. The SMILES string of the molecule is Cc1cccc(Nc2ccccc2C(=O)OCC(=O)c2cc(C)n(C[C@H]3CCCO3)c2C)c1C. The first-order valence-corrected chi connectivity index (χ1v) is 11.8. The van der Waals surface area contributed by atoms with E-state index in [1.807, 2.05) is 64.1 Å². The van der Waals surface area contributed by atoms with Crippen molar-refractivity contribution in [1.82, 2.24) is 4.57 Å². The Morgan fingerprint density at radius 1 is 1.03 bits per heavy atom. The van der Waals surface area contributed by atoms with Gasteiger partial charge in [-0.2, -0.15) is 0 Å². The summed E-state index contributed by atoms with van der Waals surface area (Å²) in [6.45, 7) is 9.23. The van der Waals surface area contributed by atoms with Gasteiger partial charge in [0.1, 0.15) is 0 Å². The highest BCUT2D eigenvalue weighted by atomic mass is 16.5. The maximum Gasteiger partial charge on any atom is 0.340 e. The number of aromatic nitrogens is 1. The number of benzene rings is 2. The highest BCUT2D eigenvalue weighted by molar-refractivity contribution is 6.02. The van der Waals surface area contributed by atoms with Crippen LogP contribution in [0.3, 0.4) is 0 Å². The zero-order valence-corrected chi connectivity index (χ0v) is 20.3. The summed E-state index contributed by atoms with van der Waals surface area (Å²) < 4.78 is 13.3. The van der Waals surface area contributed by atoms with Gasteiger partial charge in [0.25, 0.3) is 0 Å². The molecule has 178 valence electrons. The number of rotatable bonds is 8. The quantitative estimate of drug-likeness (QED) is 0.346. The minimum Gasteiger partial charge on any atom is -0.454 e. The molecule has 0 spiro atoms. The molecule has 4 rings (SSSR count). The smallest absolute Gasteiger partial charge is 0.340 e. The van der Waals surface area contributed by atoms with Crippen LogP contribution in [0.15, 0.2) is 48.5 Å². The van der Waals surface area contributed by atoms with E-state index in [4.69, 9.17) is 9.47 Å². The number of para-hydroxylation sites is 1. The summed E-state index contributed by atoms with van der Waals surface area (Å²) in [6.07, 6.45) is 2.30. The van der Waals surface area contributed by atoms with Crippen LogP contribution < -0.4 is 5.32 Å². The predicted octanol–water partition coefficient (Wildman–Crippen LogP) is 5.68. The van der Waals surface area contributed by atoms with E-state index < -0.39 is 5.97 Å². The van der Waals surface area contributed by atoms with Gasteiger partial charge in [0, 0.05) is 35.8 Å². The minimum absolute atomic E-state index is 0.187. The van der Waals surface area contributed by atoms with Gasteiger partial charge >= 0.3 is 5.97 Å². The number of carbonyl (C=O) groups is 2. The average molecular weight is 461 g/mol. The summed E-state index contributed by atoms with van der Waals surface area (Å²) in [4.78, 5) is 25.8. The Morgan fingerprint density at radius 2 is 1.79 bits per heavy atom. The monoisotopic (exact) mass is 460 g/mol. The number of anilines is 2. The number of hydrogen-bond acceptors (Lipinski definition) is 5. The van der Waals surface area contributed by atoms with Crippen molar-refractivity contribution in [3.05, 3.63) is 82.2 Å². The third kappa shape index (κ3) is 5.07. The number of ether oxygens (including phenoxy) is 2. The predicted molar refractivity (Wildman–Crippen MR) is 133 cm³/mol. The van der Waals surface area contributed by atoms with E-state index in [9.17, 15) is 9.59 Å². The van der Waals surface area contributed by atoms with Crippen molar-refractivity contribution in [1.29, 1.82) is 0 Å². The molecule has 6 heteroatoms. The Kier molecular flexibility index (Phi) is 7.17. The molecule has 34 heavy (non-hydrogen) atoms. The third-order valence-electron chi connectivity index (χ3n) is 6.64. The van der Waals surface area contributed by atoms with Crippen LogP contribution in [-0.2, 0) is 16.0 Å². The van der Waals surface area contributed by atoms with E-state index in [0.717, 1.165) is 54.2 Å². The van der Waals surface area contributed by atoms with Crippen LogP contribution >= 0.6 is 0 Å². The second kappa shape index (κ2) is 10.3. The Morgan fingerprint density at radius 3 is 2.56 bits per heavy atom. The molecule has 1 aromatic heterocycles. The fraction of sp³-hybridized carbons (Fsp3) is 0.357. The van der Waals surface area contributed by atoms with Gasteiger partial charge in [-0.05, 0) is 75.9 Å². The number of nitrogens with one attached hydrogen (secondary N) is 1. The van der Waals surface area contributed by atoms with Crippen LogP contribution in [0.1, 0.15) is 56.1 Å². The molecule has 1 aliphatic heterocycles. The van der Waals surface area contributed by atoms with Crippen molar-refractivity contribution in [2.45, 2.75) is 53.2 Å². The molecule has 0 unspecified atom stereocenters. The van der Waals surface area contributed by atoms with Crippen molar-refractivity contribution < 1.29 is 19.1 Å². The molecule has 3 aromatic rings. The van der Waals surface area contributed by atoms with Crippen LogP contribution in [0.25, 0.3) is 0 Å².